The van der Waals surface area contributed by atoms with E-state index >= 15 is 0 Å². The Kier molecular flexibility index (Phi) is 3.81. The van der Waals surface area contributed by atoms with Gasteiger partial charge >= 0.3 is 0 Å². The maximum atomic E-state index is 12.1. The number of aromatic nitrogens is 1. The summed E-state index contributed by atoms with van der Waals surface area (Å²) in [7, 11) is 3.38. The number of primary amides is 1. The second-order valence-electron chi connectivity index (χ2n) is 4.30. The lowest BCUT2D eigenvalue weighted by Crippen LogP contribution is -2.26. The van der Waals surface area contributed by atoms with Crippen LogP contribution < -0.4 is 16.5 Å². The van der Waals surface area contributed by atoms with Crippen molar-refractivity contribution in [3.05, 3.63) is 51.1 Å². The van der Waals surface area contributed by atoms with Crippen molar-refractivity contribution in [2.75, 3.05) is 12.4 Å². The number of pyridine rings is 1. The quantitative estimate of drug-likeness (QED) is 0.906. The van der Waals surface area contributed by atoms with E-state index in [1.807, 2.05) is 0 Å². The Morgan fingerprint density at radius 2 is 1.90 bits per heavy atom. The molecule has 0 saturated heterocycles. The molecule has 6 heteroatoms. The second kappa shape index (κ2) is 5.38. The zero-order valence-electron chi connectivity index (χ0n) is 11.1. The predicted molar refractivity (Wildman–Crippen MR) is 80.2 cm³/mol. The number of carbonyl (C=O) groups is 1. The number of nitrogens with two attached hydrogens (primary N) is 1. The fraction of sp³-hybridized carbons (Fsp3) is 0.143. The molecule has 0 saturated carbocycles. The average Bonchev–Trinajstić information content (AvgIpc) is 2.41. The van der Waals surface area contributed by atoms with Gasteiger partial charge < -0.3 is 15.6 Å². The summed E-state index contributed by atoms with van der Waals surface area (Å²) in [6.07, 6.45) is 0. The molecule has 3 N–H and O–H groups in total. The van der Waals surface area contributed by atoms with Crippen LogP contribution >= 0.6 is 11.6 Å². The van der Waals surface area contributed by atoms with Crippen LogP contribution in [0.1, 0.15) is 10.4 Å². The van der Waals surface area contributed by atoms with Gasteiger partial charge in [-0.05, 0) is 17.7 Å². The summed E-state index contributed by atoms with van der Waals surface area (Å²) in [5, 5.41) is 3.46. The van der Waals surface area contributed by atoms with E-state index in [1.54, 1.807) is 42.9 Å². The number of halogens is 1. The molecule has 2 rings (SSSR count). The van der Waals surface area contributed by atoms with Gasteiger partial charge in [0, 0.05) is 25.2 Å². The summed E-state index contributed by atoms with van der Waals surface area (Å²) in [5.41, 5.74) is 6.29. The van der Waals surface area contributed by atoms with Crippen molar-refractivity contribution < 1.29 is 4.79 Å². The van der Waals surface area contributed by atoms with Gasteiger partial charge in [-0.3, -0.25) is 9.59 Å². The van der Waals surface area contributed by atoms with Gasteiger partial charge in [0.2, 0.25) is 0 Å². The zero-order chi connectivity index (χ0) is 14.9. The molecule has 1 aromatic heterocycles. The van der Waals surface area contributed by atoms with Crippen LogP contribution in [0, 0.1) is 0 Å². The Bertz CT molecular complexity index is 720. The number of benzene rings is 1. The summed E-state index contributed by atoms with van der Waals surface area (Å²) in [4.78, 5) is 23.5. The minimum atomic E-state index is -0.752. The number of nitrogens with zero attached hydrogens (tertiary/aromatic N) is 1. The van der Waals surface area contributed by atoms with E-state index in [-0.39, 0.29) is 5.56 Å². The third-order valence-electron chi connectivity index (χ3n) is 3.07. The van der Waals surface area contributed by atoms with Crippen LogP contribution in [0.15, 0.2) is 35.1 Å². The highest BCUT2D eigenvalue weighted by Gasteiger charge is 2.17. The first-order valence-corrected chi connectivity index (χ1v) is 6.31. The van der Waals surface area contributed by atoms with Gasteiger partial charge in [0.15, 0.2) is 5.43 Å². The third kappa shape index (κ3) is 2.40. The van der Waals surface area contributed by atoms with E-state index < -0.39 is 11.3 Å². The normalized spacial score (nSPS) is 10.3. The highest BCUT2D eigenvalue weighted by atomic mass is 35.5. The first-order chi connectivity index (χ1) is 9.45. The SMILES string of the molecule is CNc1c(C(N)=O)c(=O)cc(-c2ccc(Cl)cc2)n1C. The number of carbonyl (C=O) groups excluding carboxylic acids is 1. The van der Waals surface area contributed by atoms with Crippen molar-refractivity contribution in [2.24, 2.45) is 12.8 Å². The molecule has 1 heterocycles. The topological polar surface area (TPSA) is 77.1 Å². The van der Waals surface area contributed by atoms with E-state index in [1.165, 1.54) is 6.07 Å². The number of rotatable bonds is 3. The molecule has 0 bridgehead atoms. The zero-order valence-corrected chi connectivity index (χ0v) is 11.9. The molecule has 0 aliphatic heterocycles. The third-order valence-corrected chi connectivity index (χ3v) is 3.32. The maximum Gasteiger partial charge on any atom is 0.256 e. The van der Waals surface area contributed by atoms with Gasteiger partial charge in [-0.25, -0.2) is 0 Å². The molecule has 0 spiro atoms. The molecule has 0 aliphatic carbocycles. The molecule has 1 amide bonds. The van der Waals surface area contributed by atoms with E-state index in [2.05, 4.69) is 5.32 Å². The van der Waals surface area contributed by atoms with Crippen LogP contribution in [0.25, 0.3) is 11.3 Å². The Morgan fingerprint density at radius 1 is 1.30 bits per heavy atom. The first kappa shape index (κ1) is 14.1. The number of hydrogen-bond donors (Lipinski definition) is 2. The molecular formula is C14H14ClN3O2. The van der Waals surface area contributed by atoms with E-state index in [4.69, 9.17) is 17.3 Å². The van der Waals surface area contributed by atoms with Crippen molar-refractivity contribution in [3.8, 4) is 11.3 Å². The summed E-state index contributed by atoms with van der Waals surface area (Å²) >= 11 is 5.85. The molecule has 5 nitrogen and oxygen atoms in total. The monoisotopic (exact) mass is 291 g/mol. The standard InChI is InChI=1S/C14H14ClN3O2/c1-17-14-12(13(16)20)11(19)7-10(18(14)2)8-3-5-9(15)6-4-8/h3-7,17H,1-2H3,(H2,16,20). The van der Waals surface area contributed by atoms with Crippen LogP contribution in [0.2, 0.25) is 5.02 Å². The fourth-order valence-corrected chi connectivity index (χ4v) is 2.25. The van der Waals surface area contributed by atoms with Crippen molar-refractivity contribution in [1.82, 2.24) is 4.57 Å². The molecule has 0 aliphatic rings. The second-order valence-corrected chi connectivity index (χ2v) is 4.73. The minimum absolute atomic E-state index is 0.0484. The van der Waals surface area contributed by atoms with Gasteiger partial charge in [-0.1, -0.05) is 23.7 Å². The van der Waals surface area contributed by atoms with Crippen molar-refractivity contribution in [1.29, 1.82) is 0 Å². The van der Waals surface area contributed by atoms with Crippen molar-refractivity contribution in [2.45, 2.75) is 0 Å². The Hall–Kier alpha value is -2.27. The molecule has 104 valence electrons. The number of hydrogen-bond acceptors (Lipinski definition) is 3. The first-order valence-electron chi connectivity index (χ1n) is 5.93. The summed E-state index contributed by atoms with van der Waals surface area (Å²) in [6.45, 7) is 0. The Morgan fingerprint density at radius 3 is 2.40 bits per heavy atom. The van der Waals surface area contributed by atoms with Crippen LogP contribution in [0.3, 0.4) is 0 Å². The van der Waals surface area contributed by atoms with Crippen LogP contribution in [-0.4, -0.2) is 17.5 Å². The molecule has 0 atom stereocenters. The van der Waals surface area contributed by atoms with Gasteiger partial charge in [0.05, 0.1) is 5.69 Å². The lowest BCUT2D eigenvalue weighted by molar-refractivity contribution is 0.0999. The minimum Gasteiger partial charge on any atom is -0.374 e. The summed E-state index contributed by atoms with van der Waals surface area (Å²) in [6, 6.07) is 8.48. The Labute approximate surface area is 121 Å². The summed E-state index contributed by atoms with van der Waals surface area (Å²) < 4.78 is 1.71. The molecule has 0 fully saturated rings. The molecule has 0 unspecified atom stereocenters. The smallest absolute Gasteiger partial charge is 0.256 e. The fourth-order valence-electron chi connectivity index (χ4n) is 2.13. The largest absolute Gasteiger partial charge is 0.374 e. The lowest BCUT2D eigenvalue weighted by atomic mass is 10.1. The molecule has 2 aromatic rings. The van der Waals surface area contributed by atoms with Gasteiger partial charge in [-0.2, -0.15) is 0 Å². The average molecular weight is 292 g/mol. The van der Waals surface area contributed by atoms with Crippen LogP contribution in [-0.2, 0) is 7.05 Å². The lowest BCUT2D eigenvalue weighted by Gasteiger charge is -2.16. The van der Waals surface area contributed by atoms with Crippen molar-refractivity contribution >= 4 is 23.3 Å². The molecule has 1 aromatic carbocycles. The van der Waals surface area contributed by atoms with E-state index in [0.29, 0.717) is 16.5 Å². The number of anilines is 1. The molecule has 20 heavy (non-hydrogen) atoms. The molecule has 0 radical (unpaired) electrons. The van der Waals surface area contributed by atoms with Crippen LogP contribution in [0.4, 0.5) is 5.82 Å². The predicted octanol–water partition coefficient (Wildman–Crippen LogP) is 1.85. The van der Waals surface area contributed by atoms with Crippen molar-refractivity contribution in [3.63, 3.8) is 0 Å². The highest BCUT2D eigenvalue weighted by molar-refractivity contribution is 6.30. The van der Waals surface area contributed by atoms with Gasteiger partial charge in [0.1, 0.15) is 11.4 Å². The van der Waals surface area contributed by atoms with Crippen LogP contribution in [0.5, 0.6) is 0 Å². The van der Waals surface area contributed by atoms with E-state index in [0.717, 1.165) is 5.56 Å². The maximum absolute atomic E-state index is 12.1. The number of nitrogens with one attached hydrogen (secondary N) is 1. The van der Waals surface area contributed by atoms with Gasteiger partial charge in [-0.15, -0.1) is 0 Å². The van der Waals surface area contributed by atoms with Gasteiger partial charge in [0.25, 0.3) is 5.91 Å². The summed E-state index contributed by atoms with van der Waals surface area (Å²) in [5.74, 6) is -0.368. The van der Waals surface area contributed by atoms with E-state index in [9.17, 15) is 9.59 Å². The highest BCUT2D eigenvalue weighted by Crippen LogP contribution is 2.23. The number of amides is 1. The molecular weight excluding hydrogens is 278 g/mol. The Balaban J connectivity index is 2.74.